The van der Waals surface area contributed by atoms with E-state index in [1.807, 2.05) is 38.2 Å². The Morgan fingerprint density at radius 2 is 1.86 bits per heavy atom. The summed E-state index contributed by atoms with van der Waals surface area (Å²) in [7, 11) is 1.64. The number of fused-ring (bicyclic) bond motifs is 3. The first-order valence-electron chi connectivity index (χ1n) is 11.8. The van der Waals surface area contributed by atoms with Crippen molar-refractivity contribution in [2.45, 2.75) is 33.0 Å². The number of methoxy groups -OCH3 is 1. The zero-order chi connectivity index (χ0) is 24.2. The molecule has 1 aromatic carbocycles. The zero-order valence-electron chi connectivity index (χ0n) is 20.1. The SMILES string of the molecule is COc1ccc2c(c1)CN(C(=O)OC(C)C)Cc1nnc(N3CC4(CN(c5cnccn5)C4)C3)n1-2. The summed E-state index contributed by atoms with van der Waals surface area (Å²) in [6, 6.07) is 5.90. The van der Waals surface area contributed by atoms with E-state index in [-0.39, 0.29) is 17.6 Å². The molecule has 3 aromatic rings. The van der Waals surface area contributed by atoms with E-state index in [0.717, 1.165) is 54.9 Å². The lowest BCUT2D eigenvalue weighted by Crippen LogP contribution is -2.73. The summed E-state index contributed by atoms with van der Waals surface area (Å²) in [4.78, 5) is 27.6. The molecule has 0 N–H and O–H groups in total. The van der Waals surface area contributed by atoms with Crippen LogP contribution in [0.5, 0.6) is 5.75 Å². The first-order valence-corrected chi connectivity index (χ1v) is 11.8. The van der Waals surface area contributed by atoms with Crippen molar-refractivity contribution in [3.63, 3.8) is 0 Å². The average Bonchev–Trinajstić information content (AvgIpc) is 3.12. The van der Waals surface area contributed by atoms with E-state index in [1.165, 1.54) is 0 Å². The summed E-state index contributed by atoms with van der Waals surface area (Å²) in [5, 5.41) is 9.04. The average molecular weight is 477 g/mol. The van der Waals surface area contributed by atoms with Gasteiger partial charge in [-0.3, -0.25) is 14.5 Å². The zero-order valence-corrected chi connectivity index (χ0v) is 20.1. The Balaban J connectivity index is 1.26. The molecule has 0 radical (unpaired) electrons. The van der Waals surface area contributed by atoms with Gasteiger partial charge in [0.05, 0.1) is 38.2 Å². The molecule has 1 amide bonds. The van der Waals surface area contributed by atoms with Gasteiger partial charge in [0.15, 0.2) is 5.82 Å². The predicted molar refractivity (Wildman–Crippen MR) is 128 cm³/mol. The van der Waals surface area contributed by atoms with Crippen molar-refractivity contribution in [3.05, 3.63) is 48.2 Å². The summed E-state index contributed by atoms with van der Waals surface area (Å²) in [6.07, 6.45) is 4.66. The highest BCUT2D eigenvalue weighted by atomic mass is 16.6. The number of carbonyl (C=O) groups is 1. The highest BCUT2D eigenvalue weighted by Crippen LogP contribution is 2.43. The molecule has 11 nitrogen and oxygen atoms in total. The number of benzene rings is 1. The second-order valence-corrected chi connectivity index (χ2v) is 9.81. The van der Waals surface area contributed by atoms with Crippen LogP contribution in [0, 0.1) is 5.41 Å². The van der Waals surface area contributed by atoms with Gasteiger partial charge in [0.25, 0.3) is 0 Å². The second kappa shape index (κ2) is 8.10. The molecule has 0 aliphatic carbocycles. The van der Waals surface area contributed by atoms with Crippen LogP contribution in [0.1, 0.15) is 25.2 Å². The third-order valence-electron chi connectivity index (χ3n) is 6.79. The van der Waals surface area contributed by atoms with Crippen LogP contribution in [0.3, 0.4) is 0 Å². The first-order chi connectivity index (χ1) is 16.9. The van der Waals surface area contributed by atoms with Crippen molar-refractivity contribution in [3.8, 4) is 11.4 Å². The minimum Gasteiger partial charge on any atom is -0.497 e. The van der Waals surface area contributed by atoms with Crippen LogP contribution in [0.15, 0.2) is 36.8 Å². The molecule has 2 saturated heterocycles. The van der Waals surface area contributed by atoms with E-state index in [4.69, 9.17) is 9.47 Å². The van der Waals surface area contributed by atoms with Gasteiger partial charge in [-0.25, -0.2) is 9.78 Å². The molecule has 5 heterocycles. The maximum Gasteiger partial charge on any atom is 0.410 e. The van der Waals surface area contributed by atoms with E-state index < -0.39 is 0 Å². The number of hydrogen-bond donors (Lipinski definition) is 0. The van der Waals surface area contributed by atoms with Crippen molar-refractivity contribution in [2.75, 3.05) is 43.1 Å². The van der Waals surface area contributed by atoms with E-state index >= 15 is 0 Å². The summed E-state index contributed by atoms with van der Waals surface area (Å²) in [5.74, 6) is 3.17. The Kier molecular flexibility index (Phi) is 5.01. The topological polar surface area (TPSA) is 102 Å². The standard InChI is InChI=1S/C24H28N8O3/c1-16(2)35-23(33)29-10-17-8-18(34-3)4-5-19(17)32-21(11-29)27-28-22(32)31-14-24(15-31)12-30(13-24)20-9-25-6-7-26-20/h4-9,16H,10-15H2,1-3H3. The summed E-state index contributed by atoms with van der Waals surface area (Å²) in [6.45, 7) is 8.10. The van der Waals surface area contributed by atoms with Gasteiger partial charge < -0.3 is 19.3 Å². The number of nitrogens with zero attached hydrogens (tertiary/aromatic N) is 8. The number of ether oxygens (including phenoxy) is 2. The van der Waals surface area contributed by atoms with Crippen molar-refractivity contribution in [1.82, 2.24) is 29.6 Å². The molecule has 2 aromatic heterocycles. The number of rotatable bonds is 4. The lowest BCUT2D eigenvalue weighted by Gasteiger charge is -2.60. The summed E-state index contributed by atoms with van der Waals surface area (Å²) < 4.78 is 13.0. The fourth-order valence-corrected chi connectivity index (χ4v) is 5.22. The van der Waals surface area contributed by atoms with Crippen LogP contribution >= 0.6 is 0 Å². The van der Waals surface area contributed by atoms with Gasteiger partial charge >= 0.3 is 6.09 Å². The van der Waals surface area contributed by atoms with Crippen molar-refractivity contribution in [2.24, 2.45) is 5.41 Å². The Hall–Kier alpha value is -3.89. The maximum atomic E-state index is 12.8. The molecular formula is C24H28N8O3. The molecule has 0 bridgehead atoms. The Bertz CT molecular complexity index is 1250. The number of aromatic nitrogens is 5. The molecule has 0 atom stereocenters. The van der Waals surface area contributed by atoms with Crippen molar-refractivity contribution >= 4 is 17.9 Å². The van der Waals surface area contributed by atoms with E-state index in [1.54, 1.807) is 24.4 Å². The molecule has 1 spiro atoms. The van der Waals surface area contributed by atoms with Crippen LogP contribution in [0.25, 0.3) is 5.69 Å². The normalized spacial score (nSPS) is 17.9. The molecule has 3 aliphatic heterocycles. The molecule has 2 fully saturated rings. The number of hydrogen-bond acceptors (Lipinski definition) is 9. The maximum absolute atomic E-state index is 12.8. The Morgan fingerprint density at radius 3 is 2.57 bits per heavy atom. The van der Waals surface area contributed by atoms with Crippen LogP contribution in [-0.2, 0) is 17.8 Å². The van der Waals surface area contributed by atoms with E-state index in [0.29, 0.717) is 18.9 Å². The largest absolute Gasteiger partial charge is 0.497 e. The number of anilines is 2. The molecule has 0 saturated carbocycles. The summed E-state index contributed by atoms with van der Waals surface area (Å²) in [5.41, 5.74) is 2.14. The van der Waals surface area contributed by atoms with Gasteiger partial charge in [0.2, 0.25) is 5.95 Å². The van der Waals surface area contributed by atoms with Gasteiger partial charge in [-0.15, -0.1) is 10.2 Å². The Morgan fingerprint density at radius 1 is 1.06 bits per heavy atom. The molecule has 0 unspecified atom stereocenters. The lowest BCUT2D eigenvalue weighted by molar-refractivity contribution is 0.0718. The molecule has 11 heteroatoms. The third kappa shape index (κ3) is 3.71. The van der Waals surface area contributed by atoms with E-state index in [2.05, 4.69) is 34.5 Å². The monoisotopic (exact) mass is 476 g/mol. The number of amides is 1. The third-order valence-corrected chi connectivity index (χ3v) is 6.79. The molecule has 182 valence electrons. The van der Waals surface area contributed by atoms with Gasteiger partial charge in [0.1, 0.15) is 11.6 Å². The van der Waals surface area contributed by atoms with Gasteiger partial charge in [-0.2, -0.15) is 0 Å². The van der Waals surface area contributed by atoms with Gasteiger partial charge in [-0.1, -0.05) is 0 Å². The molecular weight excluding hydrogens is 448 g/mol. The van der Waals surface area contributed by atoms with Gasteiger partial charge in [-0.05, 0) is 37.6 Å². The molecule has 6 rings (SSSR count). The molecule has 3 aliphatic rings. The minimum absolute atomic E-state index is 0.204. The summed E-state index contributed by atoms with van der Waals surface area (Å²) >= 11 is 0. The van der Waals surface area contributed by atoms with Crippen LogP contribution in [0.4, 0.5) is 16.6 Å². The second-order valence-electron chi connectivity index (χ2n) is 9.81. The predicted octanol–water partition coefficient (Wildman–Crippen LogP) is 2.25. The van der Waals surface area contributed by atoms with Crippen LogP contribution in [0.2, 0.25) is 0 Å². The lowest BCUT2D eigenvalue weighted by atomic mass is 9.73. The van der Waals surface area contributed by atoms with Crippen LogP contribution < -0.4 is 14.5 Å². The highest BCUT2D eigenvalue weighted by molar-refractivity contribution is 5.69. The fraction of sp³-hybridized carbons (Fsp3) is 0.458. The first kappa shape index (κ1) is 21.6. The minimum atomic E-state index is -0.367. The smallest absolute Gasteiger partial charge is 0.410 e. The van der Waals surface area contributed by atoms with Crippen molar-refractivity contribution in [1.29, 1.82) is 0 Å². The number of carbonyl (C=O) groups excluding carboxylic acids is 1. The highest BCUT2D eigenvalue weighted by Gasteiger charge is 2.53. The van der Waals surface area contributed by atoms with Gasteiger partial charge in [0, 0.05) is 44.0 Å². The Labute approximate surface area is 203 Å². The molecule has 35 heavy (non-hydrogen) atoms. The van der Waals surface area contributed by atoms with Crippen LogP contribution in [-0.4, -0.2) is 75.1 Å². The van der Waals surface area contributed by atoms with Crippen molar-refractivity contribution < 1.29 is 14.3 Å². The fourth-order valence-electron chi connectivity index (χ4n) is 5.22. The van der Waals surface area contributed by atoms with E-state index in [9.17, 15) is 4.79 Å². The quantitative estimate of drug-likeness (QED) is 0.561.